The molecule has 0 aromatic heterocycles. The molecule has 0 unspecified atom stereocenters. The van der Waals surface area contributed by atoms with Gasteiger partial charge in [0.15, 0.2) is 0 Å². The highest BCUT2D eigenvalue weighted by Crippen LogP contribution is 2.12. The van der Waals surface area contributed by atoms with Crippen molar-refractivity contribution in [2.45, 2.75) is 39.0 Å². The summed E-state index contributed by atoms with van der Waals surface area (Å²) in [6.07, 6.45) is 7.63. The van der Waals surface area contributed by atoms with Crippen LogP contribution in [0.3, 0.4) is 0 Å². The van der Waals surface area contributed by atoms with Crippen LogP contribution in [0.2, 0.25) is 0 Å². The molecule has 0 spiro atoms. The largest absolute Gasteiger partial charge is 0.0988 e. The molecule has 0 radical (unpaired) electrons. The van der Waals surface area contributed by atoms with Gasteiger partial charge in [0.25, 0.3) is 0 Å². The van der Waals surface area contributed by atoms with Gasteiger partial charge in [-0.3, -0.25) is 0 Å². The van der Waals surface area contributed by atoms with E-state index in [1.165, 1.54) is 30.4 Å². The first kappa shape index (κ1) is 12.8. The Morgan fingerprint density at radius 2 is 1.94 bits per heavy atom. The van der Waals surface area contributed by atoms with Gasteiger partial charge in [-0.25, -0.2) is 0 Å². The molecule has 0 atom stereocenters. The van der Waals surface area contributed by atoms with Crippen LogP contribution in [0.1, 0.15) is 37.3 Å². The summed E-state index contributed by atoms with van der Waals surface area (Å²) in [5.74, 6) is 0. The van der Waals surface area contributed by atoms with Crippen molar-refractivity contribution in [3.8, 4) is 0 Å². The summed E-state index contributed by atoms with van der Waals surface area (Å²) in [5.41, 5.74) is 4.05. The zero-order valence-corrected chi connectivity index (χ0v) is 10.3. The number of allylic oxidation sites excluding steroid dienone is 2. The Kier molecular flexibility index (Phi) is 5.63. The molecule has 0 N–H and O–H groups in total. The molecule has 0 nitrogen and oxygen atoms in total. The number of aryl methyl sites for hydroxylation is 2. The third-order valence-electron chi connectivity index (χ3n) is 2.78. The van der Waals surface area contributed by atoms with Crippen LogP contribution >= 0.6 is 0 Å². The molecule has 0 saturated heterocycles. The van der Waals surface area contributed by atoms with Crippen LogP contribution in [0.5, 0.6) is 0 Å². The molecule has 16 heavy (non-hydrogen) atoms. The molecule has 0 aliphatic heterocycles. The molecule has 1 rings (SSSR count). The molecule has 0 heterocycles. The van der Waals surface area contributed by atoms with E-state index in [4.69, 9.17) is 0 Å². The van der Waals surface area contributed by atoms with E-state index in [1.54, 1.807) is 0 Å². The molecule has 1 aromatic carbocycles. The van der Waals surface area contributed by atoms with Crippen molar-refractivity contribution in [1.82, 2.24) is 0 Å². The predicted molar refractivity (Wildman–Crippen MR) is 72.7 cm³/mol. The Hall–Kier alpha value is -1.30. The number of benzene rings is 1. The Morgan fingerprint density at radius 3 is 2.56 bits per heavy atom. The van der Waals surface area contributed by atoms with Gasteiger partial charge < -0.3 is 0 Å². The van der Waals surface area contributed by atoms with Crippen LogP contribution in [-0.2, 0) is 12.8 Å². The fourth-order valence-electron chi connectivity index (χ4n) is 1.85. The summed E-state index contributed by atoms with van der Waals surface area (Å²) >= 11 is 0. The molecule has 1 aromatic rings. The smallest absolute Gasteiger partial charge is 0.0276 e. The van der Waals surface area contributed by atoms with E-state index in [0.717, 1.165) is 18.4 Å². The van der Waals surface area contributed by atoms with Gasteiger partial charge in [-0.05, 0) is 36.8 Å². The predicted octanol–water partition coefficient (Wildman–Crippen LogP) is 4.70. The normalized spacial score (nSPS) is 10.1. The number of rotatable bonds is 7. The van der Waals surface area contributed by atoms with Crippen LogP contribution in [0.25, 0.3) is 0 Å². The Labute approximate surface area is 99.7 Å². The summed E-state index contributed by atoms with van der Waals surface area (Å²) in [4.78, 5) is 0. The molecule has 86 valence electrons. The standard InChI is InChI=1S/C16H22/c1-4-8-15-11-7-12-16(13-15)10-6-9-14(3)5-2/h5,7,11-13H,2-4,6,8-10H2,1H3. The minimum absolute atomic E-state index is 1.06. The maximum atomic E-state index is 3.93. The first-order chi connectivity index (χ1) is 7.76. The molecule has 0 saturated carbocycles. The first-order valence-corrected chi connectivity index (χ1v) is 6.14. The van der Waals surface area contributed by atoms with Crippen molar-refractivity contribution in [2.24, 2.45) is 0 Å². The lowest BCUT2D eigenvalue weighted by molar-refractivity contribution is 0.822. The highest BCUT2D eigenvalue weighted by Gasteiger charge is 1.96. The van der Waals surface area contributed by atoms with Gasteiger partial charge in [-0.1, -0.05) is 62.4 Å². The third kappa shape index (κ3) is 4.48. The van der Waals surface area contributed by atoms with E-state index in [-0.39, 0.29) is 0 Å². The van der Waals surface area contributed by atoms with Gasteiger partial charge >= 0.3 is 0 Å². The zero-order valence-electron chi connectivity index (χ0n) is 10.3. The first-order valence-electron chi connectivity index (χ1n) is 6.14. The van der Waals surface area contributed by atoms with Gasteiger partial charge in [-0.2, -0.15) is 0 Å². The van der Waals surface area contributed by atoms with E-state index in [0.29, 0.717) is 0 Å². The van der Waals surface area contributed by atoms with E-state index in [1.807, 2.05) is 6.08 Å². The summed E-state index contributed by atoms with van der Waals surface area (Å²) in [7, 11) is 0. The summed E-state index contributed by atoms with van der Waals surface area (Å²) in [5, 5.41) is 0. The van der Waals surface area contributed by atoms with Gasteiger partial charge in [0.05, 0.1) is 0 Å². The fraction of sp³-hybridized carbons (Fsp3) is 0.375. The van der Waals surface area contributed by atoms with Crippen molar-refractivity contribution < 1.29 is 0 Å². The molecule has 0 aliphatic rings. The average molecular weight is 214 g/mol. The summed E-state index contributed by atoms with van der Waals surface area (Å²) in [6, 6.07) is 8.94. The SMILES string of the molecule is C=CC(=C)CCCc1cccc(CCC)c1. The van der Waals surface area contributed by atoms with E-state index in [9.17, 15) is 0 Å². The van der Waals surface area contributed by atoms with Crippen molar-refractivity contribution in [3.05, 3.63) is 60.2 Å². The van der Waals surface area contributed by atoms with E-state index in [2.05, 4.69) is 44.3 Å². The van der Waals surface area contributed by atoms with Gasteiger partial charge in [0.1, 0.15) is 0 Å². The number of hydrogen-bond donors (Lipinski definition) is 0. The van der Waals surface area contributed by atoms with Crippen molar-refractivity contribution >= 4 is 0 Å². The summed E-state index contributed by atoms with van der Waals surface area (Å²) in [6.45, 7) is 9.88. The van der Waals surface area contributed by atoms with Crippen LogP contribution in [-0.4, -0.2) is 0 Å². The van der Waals surface area contributed by atoms with Gasteiger partial charge in [0, 0.05) is 0 Å². The highest BCUT2D eigenvalue weighted by atomic mass is 14.0. The minimum Gasteiger partial charge on any atom is -0.0988 e. The van der Waals surface area contributed by atoms with Crippen molar-refractivity contribution in [1.29, 1.82) is 0 Å². The Morgan fingerprint density at radius 1 is 1.25 bits per heavy atom. The maximum absolute atomic E-state index is 3.93. The van der Waals surface area contributed by atoms with Crippen molar-refractivity contribution in [3.63, 3.8) is 0 Å². The zero-order chi connectivity index (χ0) is 11.8. The molecule has 0 fully saturated rings. The third-order valence-corrected chi connectivity index (χ3v) is 2.78. The molecule has 0 bridgehead atoms. The molecule has 0 heteroatoms. The monoisotopic (exact) mass is 214 g/mol. The lowest BCUT2D eigenvalue weighted by atomic mass is 10.0. The molecular weight excluding hydrogens is 192 g/mol. The molecule has 0 aliphatic carbocycles. The minimum atomic E-state index is 1.06. The van der Waals surface area contributed by atoms with Crippen LogP contribution < -0.4 is 0 Å². The number of hydrogen-bond acceptors (Lipinski definition) is 0. The Bertz CT molecular complexity index is 347. The highest BCUT2D eigenvalue weighted by molar-refractivity contribution is 5.24. The van der Waals surface area contributed by atoms with Crippen molar-refractivity contribution in [2.75, 3.05) is 0 Å². The maximum Gasteiger partial charge on any atom is -0.0276 e. The van der Waals surface area contributed by atoms with Gasteiger partial charge in [-0.15, -0.1) is 0 Å². The Balaban J connectivity index is 2.44. The lowest BCUT2D eigenvalue weighted by Crippen LogP contribution is -1.89. The fourth-order valence-corrected chi connectivity index (χ4v) is 1.85. The molecular formula is C16H22. The average Bonchev–Trinajstić information content (AvgIpc) is 2.30. The van der Waals surface area contributed by atoms with Crippen LogP contribution in [0.15, 0.2) is 49.1 Å². The summed E-state index contributed by atoms with van der Waals surface area (Å²) < 4.78 is 0. The van der Waals surface area contributed by atoms with Crippen LogP contribution in [0.4, 0.5) is 0 Å². The second kappa shape index (κ2) is 7.05. The molecule has 0 amide bonds. The van der Waals surface area contributed by atoms with E-state index >= 15 is 0 Å². The second-order valence-corrected chi connectivity index (χ2v) is 4.29. The van der Waals surface area contributed by atoms with Crippen LogP contribution in [0, 0.1) is 0 Å². The topological polar surface area (TPSA) is 0 Å². The second-order valence-electron chi connectivity index (χ2n) is 4.29. The quantitative estimate of drug-likeness (QED) is 0.577. The lowest BCUT2D eigenvalue weighted by Gasteiger charge is -2.04. The van der Waals surface area contributed by atoms with Gasteiger partial charge in [0.2, 0.25) is 0 Å². The van der Waals surface area contributed by atoms with E-state index < -0.39 is 0 Å².